The minimum Gasteiger partial charge on any atom is -0.393 e. The number of amides is 1. The van der Waals surface area contributed by atoms with Crippen LogP contribution in [0.25, 0.3) is 0 Å². The van der Waals surface area contributed by atoms with E-state index in [-0.39, 0.29) is 18.1 Å². The predicted octanol–water partition coefficient (Wildman–Crippen LogP) is 1.97. The molecular weight excluding hydrogens is 264 g/mol. The average molecular weight is 296 g/mol. The lowest BCUT2D eigenvalue weighted by molar-refractivity contribution is -0.139. The summed E-state index contributed by atoms with van der Waals surface area (Å²) in [6.07, 6.45) is 4.17. The molecule has 1 saturated carbocycles. The van der Waals surface area contributed by atoms with Crippen LogP contribution in [0.1, 0.15) is 46.5 Å². The molecule has 0 aromatic carbocycles. The van der Waals surface area contributed by atoms with Gasteiger partial charge in [0.1, 0.15) is 0 Å². The largest absolute Gasteiger partial charge is 0.393 e. The van der Waals surface area contributed by atoms with Crippen molar-refractivity contribution in [2.24, 2.45) is 17.8 Å². The van der Waals surface area contributed by atoms with Gasteiger partial charge in [0.25, 0.3) is 0 Å². The van der Waals surface area contributed by atoms with Crippen LogP contribution < -0.4 is 0 Å². The van der Waals surface area contributed by atoms with Crippen molar-refractivity contribution < 1.29 is 9.90 Å². The molecule has 4 heteroatoms. The molecule has 1 N–H and O–H groups in total. The fraction of sp³-hybridized carbons (Fsp3) is 0.941. The fourth-order valence-electron chi connectivity index (χ4n) is 4.05. The van der Waals surface area contributed by atoms with Gasteiger partial charge in [-0.25, -0.2) is 0 Å². The molecule has 2 rings (SSSR count). The minimum absolute atomic E-state index is 0.0877. The molecule has 1 saturated heterocycles. The summed E-state index contributed by atoms with van der Waals surface area (Å²) in [5.74, 6) is 1.80. The van der Waals surface area contributed by atoms with Crippen LogP contribution in [0, 0.1) is 17.8 Å². The normalized spacial score (nSPS) is 35.2. The van der Waals surface area contributed by atoms with Crippen molar-refractivity contribution in [1.29, 1.82) is 0 Å². The zero-order valence-electron chi connectivity index (χ0n) is 14.1. The molecule has 0 radical (unpaired) electrons. The van der Waals surface area contributed by atoms with E-state index >= 15 is 0 Å². The number of nitrogens with zero attached hydrogens (tertiary/aromatic N) is 2. The number of rotatable bonds is 4. The lowest BCUT2D eigenvalue weighted by atomic mass is 9.91. The number of aliphatic hydroxyl groups excluding tert-OH is 1. The van der Waals surface area contributed by atoms with E-state index in [1.54, 1.807) is 0 Å². The summed E-state index contributed by atoms with van der Waals surface area (Å²) in [5.41, 5.74) is 0. The third kappa shape index (κ3) is 4.19. The first kappa shape index (κ1) is 16.8. The van der Waals surface area contributed by atoms with Crippen molar-refractivity contribution in [1.82, 2.24) is 9.80 Å². The summed E-state index contributed by atoms with van der Waals surface area (Å²) in [6, 6.07) is -0.0877. The number of carbonyl (C=O) groups is 1. The Balaban J connectivity index is 1.88. The van der Waals surface area contributed by atoms with Gasteiger partial charge in [0.05, 0.1) is 12.1 Å². The molecule has 5 unspecified atom stereocenters. The van der Waals surface area contributed by atoms with E-state index in [4.69, 9.17) is 0 Å². The second kappa shape index (κ2) is 7.10. The zero-order chi connectivity index (χ0) is 15.6. The van der Waals surface area contributed by atoms with E-state index in [1.807, 2.05) is 18.9 Å². The molecule has 0 aromatic rings. The number of hydrogen-bond donors (Lipinski definition) is 1. The highest BCUT2D eigenvalue weighted by Gasteiger charge is 2.32. The van der Waals surface area contributed by atoms with Crippen LogP contribution >= 0.6 is 0 Å². The van der Waals surface area contributed by atoms with Crippen molar-refractivity contribution in [3.8, 4) is 0 Å². The lowest BCUT2D eigenvalue weighted by Crippen LogP contribution is -2.51. The standard InChI is InChI=1S/C17H32N2O2/c1-12-8-13(2)10-19(9-12)17(21)14(3)18(4)11-15-6-5-7-16(15)20/h12-16,20H,5-11H2,1-4H3. The summed E-state index contributed by atoms with van der Waals surface area (Å²) < 4.78 is 0. The number of carbonyl (C=O) groups excluding carboxylic acids is 1. The number of hydrogen-bond acceptors (Lipinski definition) is 3. The van der Waals surface area contributed by atoms with Gasteiger partial charge in [-0.1, -0.05) is 20.3 Å². The van der Waals surface area contributed by atoms with Crippen molar-refractivity contribution in [2.45, 2.75) is 58.6 Å². The third-order valence-corrected chi connectivity index (χ3v) is 5.34. The van der Waals surface area contributed by atoms with Crippen molar-refractivity contribution >= 4 is 5.91 Å². The summed E-state index contributed by atoms with van der Waals surface area (Å²) in [4.78, 5) is 16.9. The van der Waals surface area contributed by atoms with Crippen LogP contribution in [-0.2, 0) is 4.79 Å². The van der Waals surface area contributed by atoms with Crippen LogP contribution in [-0.4, -0.2) is 59.6 Å². The van der Waals surface area contributed by atoms with Gasteiger partial charge < -0.3 is 10.0 Å². The molecule has 4 nitrogen and oxygen atoms in total. The van der Waals surface area contributed by atoms with Gasteiger partial charge >= 0.3 is 0 Å². The summed E-state index contributed by atoms with van der Waals surface area (Å²) in [6.45, 7) is 9.10. The molecule has 2 fully saturated rings. The number of aliphatic hydroxyl groups is 1. The van der Waals surface area contributed by atoms with E-state index in [0.29, 0.717) is 17.8 Å². The Morgan fingerprint density at radius 1 is 1.29 bits per heavy atom. The molecule has 1 heterocycles. The average Bonchev–Trinajstić information content (AvgIpc) is 2.81. The molecule has 1 aliphatic heterocycles. The molecule has 0 bridgehead atoms. The second-order valence-corrected chi connectivity index (χ2v) is 7.56. The van der Waals surface area contributed by atoms with Crippen LogP contribution in [0.15, 0.2) is 0 Å². The molecule has 21 heavy (non-hydrogen) atoms. The quantitative estimate of drug-likeness (QED) is 0.862. The molecule has 1 aliphatic carbocycles. The summed E-state index contributed by atoms with van der Waals surface area (Å²) in [7, 11) is 2.02. The van der Waals surface area contributed by atoms with Crippen LogP contribution in [0.2, 0.25) is 0 Å². The molecule has 2 aliphatic rings. The van der Waals surface area contributed by atoms with E-state index < -0.39 is 0 Å². The van der Waals surface area contributed by atoms with Crippen LogP contribution in [0.3, 0.4) is 0 Å². The Kier molecular flexibility index (Phi) is 5.67. The van der Waals surface area contributed by atoms with Gasteiger partial charge in [-0.2, -0.15) is 0 Å². The van der Waals surface area contributed by atoms with E-state index in [2.05, 4.69) is 18.7 Å². The second-order valence-electron chi connectivity index (χ2n) is 7.56. The lowest BCUT2D eigenvalue weighted by Gasteiger charge is -2.38. The highest BCUT2D eigenvalue weighted by atomic mass is 16.3. The van der Waals surface area contributed by atoms with E-state index in [1.165, 1.54) is 6.42 Å². The molecule has 1 amide bonds. The molecule has 5 atom stereocenters. The SMILES string of the molecule is CC1CC(C)CN(C(=O)C(C)N(C)CC2CCCC2O)C1. The first-order valence-electron chi connectivity index (χ1n) is 8.55. The smallest absolute Gasteiger partial charge is 0.239 e. The van der Waals surface area contributed by atoms with E-state index in [9.17, 15) is 9.90 Å². The maximum atomic E-state index is 12.7. The molecule has 0 aromatic heterocycles. The Bertz CT molecular complexity index is 351. The highest BCUT2D eigenvalue weighted by Crippen LogP contribution is 2.27. The summed E-state index contributed by atoms with van der Waals surface area (Å²) >= 11 is 0. The van der Waals surface area contributed by atoms with Gasteiger partial charge in [-0.05, 0) is 51.0 Å². The zero-order valence-corrected chi connectivity index (χ0v) is 14.1. The van der Waals surface area contributed by atoms with Crippen LogP contribution in [0.4, 0.5) is 0 Å². The highest BCUT2D eigenvalue weighted by molar-refractivity contribution is 5.81. The van der Waals surface area contributed by atoms with E-state index in [0.717, 1.165) is 38.9 Å². The van der Waals surface area contributed by atoms with Crippen LogP contribution in [0.5, 0.6) is 0 Å². The molecule has 0 spiro atoms. The molecule has 122 valence electrons. The third-order valence-electron chi connectivity index (χ3n) is 5.34. The van der Waals surface area contributed by atoms with Crippen molar-refractivity contribution in [3.05, 3.63) is 0 Å². The van der Waals surface area contributed by atoms with Gasteiger partial charge in [-0.3, -0.25) is 9.69 Å². The number of piperidine rings is 1. The predicted molar refractivity (Wildman–Crippen MR) is 85.0 cm³/mol. The van der Waals surface area contributed by atoms with Gasteiger partial charge in [0.2, 0.25) is 5.91 Å². The van der Waals surface area contributed by atoms with Gasteiger partial charge in [-0.15, -0.1) is 0 Å². The molecular formula is C17H32N2O2. The Morgan fingerprint density at radius 3 is 2.43 bits per heavy atom. The monoisotopic (exact) mass is 296 g/mol. The number of likely N-dealkylation sites (N-methyl/N-ethyl adjacent to an activating group) is 1. The maximum absolute atomic E-state index is 12.7. The fourth-order valence-corrected chi connectivity index (χ4v) is 4.05. The Morgan fingerprint density at radius 2 is 1.90 bits per heavy atom. The summed E-state index contributed by atoms with van der Waals surface area (Å²) in [5, 5.41) is 9.95. The Labute approximate surface area is 129 Å². The maximum Gasteiger partial charge on any atom is 0.239 e. The minimum atomic E-state index is -0.176. The topological polar surface area (TPSA) is 43.8 Å². The van der Waals surface area contributed by atoms with Gasteiger partial charge in [0, 0.05) is 19.6 Å². The first-order valence-corrected chi connectivity index (χ1v) is 8.55. The van der Waals surface area contributed by atoms with Crippen molar-refractivity contribution in [2.75, 3.05) is 26.7 Å². The number of likely N-dealkylation sites (tertiary alicyclic amines) is 1. The Hall–Kier alpha value is -0.610. The first-order chi connectivity index (χ1) is 9.88. The van der Waals surface area contributed by atoms with Crippen molar-refractivity contribution in [3.63, 3.8) is 0 Å². The van der Waals surface area contributed by atoms with Gasteiger partial charge in [0.15, 0.2) is 0 Å².